The minimum absolute atomic E-state index is 0.107. The molecular weight excluding hydrogens is 547 g/mol. The van der Waals surface area contributed by atoms with Gasteiger partial charge < -0.3 is 10.6 Å². The van der Waals surface area contributed by atoms with Crippen LogP contribution in [0.2, 0.25) is 0 Å². The molecule has 41 heavy (non-hydrogen) atoms. The number of rotatable bonds is 9. The number of hydrogen-bond acceptors (Lipinski definition) is 4. The monoisotopic (exact) mass is 573 g/mol. The lowest BCUT2D eigenvalue weighted by Crippen LogP contribution is -2.35. The highest BCUT2D eigenvalue weighted by Gasteiger charge is 2.25. The van der Waals surface area contributed by atoms with Crippen LogP contribution in [0.5, 0.6) is 0 Å². The Kier molecular flexibility index (Phi) is 8.69. The standard InChI is InChI=1S/C31H26F3N5OS/c1-20-7-14-25(15-8-20)39-29(37-38-31(39)41-19-22-9-11-23(32)12-10-22)28(17-21-5-3-2-4-6-21)36-30(40)35-24-13-16-26(33)27(34)18-24/h2-16,18,28H,17,19H2,1H3,(H2,35,36,40). The van der Waals surface area contributed by atoms with Crippen LogP contribution in [-0.2, 0) is 12.2 Å². The van der Waals surface area contributed by atoms with Crippen LogP contribution in [0, 0.1) is 24.4 Å². The highest BCUT2D eigenvalue weighted by molar-refractivity contribution is 7.98. The fourth-order valence-corrected chi connectivity index (χ4v) is 5.14. The molecule has 6 nitrogen and oxygen atoms in total. The molecule has 0 aliphatic rings. The van der Waals surface area contributed by atoms with Crippen molar-refractivity contribution in [1.29, 1.82) is 0 Å². The second kappa shape index (κ2) is 12.7. The third kappa shape index (κ3) is 7.15. The van der Waals surface area contributed by atoms with Gasteiger partial charge in [0, 0.05) is 29.6 Å². The Morgan fingerprint density at radius 3 is 2.29 bits per heavy atom. The molecule has 0 saturated carbocycles. The van der Waals surface area contributed by atoms with Crippen molar-refractivity contribution in [3.05, 3.63) is 137 Å². The number of amides is 2. The van der Waals surface area contributed by atoms with E-state index in [9.17, 15) is 18.0 Å². The fourth-order valence-electron chi connectivity index (χ4n) is 4.22. The van der Waals surface area contributed by atoms with Crippen molar-refractivity contribution in [2.24, 2.45) is 0 Å². The van der Waals surface area contributed by atoms with E-state index < -0.39 is 23.7 Å². The zero-order valence-corrected chi connectivity index (χ0v) is 22.8. The minimum atomic E-state index is -1.06. The van der Waals surface area contributed by atoms with Crippen LogP contribution < -0.4 is 10.6 Å². The summed E-state index contributed by atoms with van der Waals surface area (Å²) in [6.07, 6.45) is 0.388. The van der Waals surface area contributed by atoms with Crippen LogP contribution in [-0.4, -0.2) is 20.8 Å². The van der Waals surface area contributed by atoms with E-state index in [1.54, 1.807) is 12.1 Å². The fraction of sp³-hybridized carbons (Fsp3) is 0.129. The van der Waals surface area contributed by atoms with E-state index in [4.69, 9.17) is 0 Å². The topological polar surface area (TPSA) is 71.8 Å². The molecule has 0 bridgehead atoms. The minimum Gasteiger partial charge on any atom is -0.327 e. The maximum Gasteiger partial charge on any atom is 0.319 e. The number of aryl methyl sites for hydroxylation is 1. The molecule has 5 rings (SSSR count). The Morgan fingerprint density at radius 2 is 1.59 bits per heavy atom. The summed E-state index contributed by atoms with van der Waals surface area (Å²) >= 11 is 1.44. The molecular formula is C31H26F3N5OS. The lowest BCUT2D eigenvalue weighted by Gasteiger charge is -2.21. The van der Waals surface area contributed by atoms with Crippen molar-refractivity contribution in [3.8, 4) is 5.69 Å². The van der Waals surface area contributed by atoms with Gasteiger partial charge in [-0.25, -0.2) is 18.0 Å². The van der Waals surface area contributed by atoms with Gasteiger partial charge in [0.15, 0.2) is 22.6 Å². The van der Waals surface area contributed by atoms with Crippen molar-refractivity contribution in [2.45, 2.75) is 30.3 Å². The van der Waals surface area contributed by atoms with Crippen molar-refractivity contribution in [1.82, 2.24) is 20.1 Å². The zero-order valence-electron chi connectivity index (χ0n) is 22.0. The number of benzene rings is 4. The third-order valence-corrected chi connectivity index (χ3v) is 7.31. The summed E-state index contributed by atoms with van der Waals surface area (Å²) < 4.78 is 42.4. The van der Waals surface area contributed by atoms with E-state index in [1.807, 2.05) is 66.1 Å². The second-order valence-electron chi connectivity index (χ2n) is 9.40. The number of carbonyl (C=O) groups excluding carboxylic acids is 1. The van der Waals surface area contributed by atoms with E-state index in [0.29, 0.717) is 23.2 Å². The lowest BCUT2D eigenvalue weighted by molar-refractivity contribution is 0.247. The van der Waals surface area contributed by atoms with Gasteiger partial charge in [0.1, 0.15) is 5.82 Å². The van der Waals surface area contributed by atoms with Crippen LogP contribution in [0.1, 0.15) is 28.6 Å². The van der Waals surface area contributed by atoms with Crippen molar-refractivity contribution >= 4 is 23.5 Å². The molecule has 2 amide bonds. The first-order valence-electron chi connectivity index (χ1n) is 12.8. The number of hydrogen-bond donors (Lipinski definition) is 2. The largest absolute Gasteiger partial charge is 0.327 e. The normalized spacial score (nSPS) is 11.7. The van der Waals surface area contributed by atoms with Crippen LogP contribution in [0.3, 0.4) is 0 Å². The molecule has 0 radical (unpaired) electrons. The summed E-state index contributed by atoms with van der Waals surface area (Å²) in [7, 11) is 0. The molecule has 5 aromatic rings. The SMILES string of the molecule is Cc1ccc(-n2c(SCc3ccc(F)cc3)nnc2C(Cc2ccccc2)NC(=O)Nc2ccc(F)c(F)c2)cc1. The highest BCUT2D eigenvalue weighted by Crippen LogP contribution is 2.29. The molecule has 208 valence electrons. The molecule has 1 atom stereocenters. The van der Waals surface area contributed by atoms with E-state index in [1.165, 1.54) is 30.0 Å². The van der Waals surface area contributed by atoms with Crippen LogP contribution >= 0.6 is 11.8 Å². The number of nitrogens with one attached hydrogen (secondary N) is 2. The van der Waals surface area contributed by atoms with E-state index in [2.05, 4.69) is 20.8 Å². The number of anilines is 1. The summed E-state index contributed by atoms with van der Waals surface area (Å²) in [5.41, 5.74) is 3.85. The molecule has 1 unspecified atom stereocenters. The molecule has 0 aliphatic carbocycles. The molecule has 1 heterocycles. The number of carbonyl (C=O) groups is 1. The molecule has 0 saturated heterocycles. The number of aromatic nitrogens is 3. The van der Waals surface area contributed by atoms with Crippen LogP contribution in [0.25, 0.3) is 5.69 Å². The maximum absolute atomic E-state index is 13.7. The van der Waals surface area contributed by atoms with Gasteiger partial charge in [0.25, 0.3) is 0 Å². The van der Waals surface area contributed by atoms with Gasteiger partial charge in [-0.3, -0.25) is 4.57 Å². The lowest BCUT2D eigenvalue weighted by atomic mass is 10.1. The van der Waals surface area contributed by atoms with Crippen molar-refractivity contribution in [3.63, 3.8) is 0 Å². The molecule has 10 heteroatoms. The average molecular weight is 574 g/mol. The molecule has 0 aliphatic heterocycles. The van der Waals surface area contributed by atoms with Crippen molar-refractivity contribution in [2.75, 3.05) is 5.32 Å². The first-order valence-corrected chi connectivity index (χ1v) is 13.8. The quantitative estimate of drug-likeness (QED) is 0.180. The Morgan fingerprint density at radius 1 is 0.854 bits per heavy atom. The van der Waals surface area contributed by atoms with Gasteiger partial charge in [-0.2, -0.15) is 0 Å². The summed E-state index contributed by atoms with van der Waals surface area (Å²) in [6.45, 7) is 1.99. The first kappa shape index (κ1) is 28.0. The van der Waals surface area contributed by atoms with E-state index >= 15 is 0 Å². The average Bonchev–Trinajstić information content (AvgIpc) is 3.39. The number of halogens is 3. The number of thioether (sulfide) groups is 1. The predicted molar refractivity (Wildman–Crippen MR) is 153 cm³/mol. The molecule has 0 spiro atoms. The smallest absolute Gasteiger partial charge is 0.319 e. The van der Waals surface area contributed by atoms with E-state index in [0.717, 1.165) is 34.5 Å². The summed E-state index contributed by atoms with van der Waals surface area (Å²) in [5, 5.41) is 15.1. The number of nitrogens with zero attached hydrogens (tertiary/aromatic N) is 3. The molecule has 2 N–H and O–H groups in total. The van der Waals surface area contributed by atoms with Gasteiger partial charge in [-0.1, -0.05) is 71.9 Å². The van der Waals surface area contributed by atoms with Crippen LogP contribution in [0.4, 0.5) is 23.7 Å². The first-order chi connectivity index (χ1) is 19.9. The molecule has 0 fully saturated rings. The van der Waals surface area contributed by atoms with Gasteiger partial charge in [-0.15, -0.1) is 10.2 Å². The molecule has 1 aromatic heterocycles. The predicted octanol–water partition coefficient (Wildman–Crippen LogP) is 7.39. The summed E-state index contributed by atoms with van der Waals surface area (Å²) in [4.78, 5) is 13.1. The summed E-state index contributed by atoms with van der Waals surface area (Å²) in [6, 6.07) is 25.6. The Bertz CT molecular complexity index is 1630. The van der Waals surface area contributed by atoms with Gasteiger partial charge in [-0.05, 0) is 54.4 Å². The zero-order chi connectivity index (χ0) is 28.8. The third-order valence-electron chi connectivity index (χ3n) is 6.31. The van der Waals surface area contributed by atoms with Gasteiger partial charge in [0.2, 0.25) is 0 Å². The Hall–Kier alpha value is -4.57. The van der Waals surface area contributed by atoms with Crippen LogP contribution in [0.15, 0.2) is 102 Å². The Labute approximate surface area is 239 Å². The van der Waals surface area contributed by atoms with Gasteiger partial charge >= 0.3 is 6.03 Å². The maximum atomic E-state index is 13.7. The van der Waals surface area contributed by atoms with E-state index in [-0.39, 0.29) is 11.5 Å². The number of urea groups is 1. The molecule has 4 aromatic carbocycles. The van der Waals surface area contributed by atoms with Gasteiger partial charge in [0.05, 0.1) is 6.04 Å². The second-order valence-corrected chi connectivity index (χ2v) is 10.3. The highest BCUT2D eigenvalue weighted by atomic mass is 32.2. The Balaban J connectivity index is 1.49. The van der Waals surface area contributed by atoms with Crippen molar-refractivity contribution < 1.29 is 18.0 Å². The summed E-state index contributed by atoms with van der Waals surface area (Å²) in [5.74, 6) is -1.36.